The Labute approximate surface area is 172 Å². The first-order valence-corrected chi connectivity index (χ1v) is 11.0. The van der Waals surface area contributed by atoms with Gasteiger partial charge in [-0.15, -0.1) is 6.58 Å². The Morgan fingerprint density at radius 3 is 2.28 bits per heavy atom. The van der Waals surface area contributed by atoms with E-state index in [0.29, 0.717) is 11.3 Å². The van der Waals surface area contributed by atoms with Crippen molar-refractivity contribution in [1.82, 2.24) is 9.21 Å². The number of amides is 1. The molecular weight excluding hydrogens is 388 g/mol. The van der Waals surface area contributed by atoms with Crippen LogP contribution in [0.1, 0.15) is 28.8 Å². The topological polar surface area (TPSA) is 66.9 Å². The number of likely N-dealkylation sites (tertiary alicyclic amines) is 1. The molecule has 1 saturated heterocycles. The third-order valence-corrected chi connectivity index (χ3v) is 6.81. The molecule has 0 aromatic heterocycles. The van der Waals surface area contributed by atoms with Gasteiger partial charge in [-0.3, -0.25) is 4.79 Å². The summed E-state index contributed by atoms with van der Waals surface area (Å²) in [5, 5.41) is 0. The standard InChI is InChI=1S/C22H26N2O4S/c1-3-14-24(29(26,27)21-12-10-20(28-2)11-13-21)17-18-6-8-19(9-7-18)22(25)23-15-4-5-16-23/h3,6-13H,1,4-5,14-17H2,2H3. The summed E-state index contributed by atoms with van der Waals surface area (Å²) in [5.41, 5.74) is 1.44. The van der Waals surface area contributed by atoms with Gasteiger partial charge in [-0.2, -0.15) is 4.31 Å². The lowest BCUT2D eigenvalue weighted by molar-refractivity contribution is 0.0793. The smallest absolute Gasteiger partial charge is 0.253 e. The summed E-state index contributed by atoms with van der Waals surface area (Å²) in [6.07, 6.45) is 3.65. The van der Waals surface area contributed by atoms with Crippen molar-refractivity contribution in [3.8, 4) is 5.75 Å². The van der Waals surface area contributed by atoms with E-state index in [9.17, 15) is 13.2 Å². The summed E-state index contributed by atoms with van der Waals surface area (Å²) >= 11 is 0. The van der Waals surface area contributed by atoms with Crippen LogP contribution in [0, 0.1) is 0 Å². The largest absolute Gasteiger partial charge is 0.497 e. The van der Waals surface area contributed by atoms with Gasteiger partial charge in [-0.1, -0.05) is 18.2 Å². The molecule has 2 aromatic rings. The molecule has 1 aliphatic heterocycles. The molecular formula is C22H26N2O4S. The van der Waals surface area contributed by atoms with Gasteiger partial charge in [-0.25, -0.2) is 8.42 Å². The molecule has 0 spiro atoms. The molecule has 1 fully saturated rings. The quantitative estimate of drug-likeness (QED) is 0.622. The van der Waals surface area contributed by atoms with Crippen LogP contribution in [0.2, 0.25) is 0 Å². The van der Waals surface area contributed by atoms with Crippen LogP contribution >= 0.6 is 0 Å². The maximum atomic E-state index is 13.1. The lowest BCUT2D eigenvalue weighted by Crippen LogP contribution is -2.31. The van der Waals surface area contributed by atoms with Gasteiger partial charge < -0.3 is 9.64 Å². The minimum absolute atomic E-state index is 0.0304. The molecule has 1 aliphatic rings. The van der Waals surface area contributed by atoms with Crippen LogP contribution in [0.15, 0.2) is 66.1 Å². The van der Waals surface area contributed by atoms with Gasteiger partial charge in [0.25, 0.3) is 5.91 Å². The highest BCUT2D eigenvalue weighted by Crippen LogP contribution is 2.22. The van der Waals surface area contributed by atoms with Gasteiger partial charge in [0.2, 0.25) is 10.0 Å². The molecule has 29 heavy (non-hydrogen) atoms. The molecule has 154 valence electrons. The zero-order valence-electron chi connectivity index (χ0n) is 16.6. The Kier molecular flexibility index (Phi) is 6.71. The molecule has 6 nitrogen and oxygen atoms in total. The number of carbonyl (C=O) groups is 1. The minimum Gasteiger partial charge on any atom is -0.497 e. The Balaban J connectivity index is 1.77. The summed E-state index contributed by atoms with van der Waals surface area (Å²) in [5.74, 6) is 0.625. The average Bonchev–Trinajstić information content (AvgIpc) is 3.28. The molecule has 0 aliphatic carbocycles. The zero-order valence-corrected chi connectivity index (χ0v) is 17.4. The average molecular weight is 415 g/mol. The lowest BCUT2D eigenvalue weighted by Gasteiger charge is -2.21. The summed E-state index contributed by atoms with van der Waals surface area (Å²) in [6.45, 7) is 5.66. The Bertz CT molecular complexity index is 947. The van der Waals surface area contributed by atoms with Crippen molar-refractivity contribution in [2.45, 2.75) is 24.3 Å². The summed E-state index contributed by atoms with van der Waals surface area (Å²) < 4.78 is 32.6. The predicted molar refractivity (Wildman–Crippen MR) is 112 cm³/mol. The fourth-order valence-corrected chi connectivity index (χ4v) is 4.75. The van der Waals surface area contributed by atoms with E-state index in [1.807, 2.05) is 17.0 Å². The minimum atomic E-state index is -3.69. The highest BCUT2D eigenvalue weighted by atomic mass is 32.2. The molecule has 0 unspecified atom stereocenters. The molecule has 0 radical (unpaired) electrons. The highest BCUT2D eigenvalue weighted by Gasteiger charge is 2.24. The van der Waals surface area contributed by atoms with Gasteiger partial charge in [0.15, 0.2) is 0 Å². The van der Waals surface area contributed by atoms with Crippen LogP contribution in [0.25, 0.3) is 0 Å². The molecule has 1 heterocycles. The van der Waals surface area contributed by atoms with Crippen molar-refractivity contribution < 1.29 is 17.9 Å². The van der Waals surface area contributed by atoms with E-state index in [2.05, 4.69) is 6.58 Å². The first-order chi connectivity index (χ1) is 14.0. The number of rotatable bonds is 8. The SMILES string of the molecule is C=CCN(Cc1ccc(C(=O)N2CCCC2)cc1)S(=O)(=O)c1ccc(OC)cc1. The van der Waals surface area contributed by atoms with Crippen molar-refractivity contribution in [2.75, 3.05) is 26.7 Å². The normalized spacial score (nSPS) is 14.2. The maximum Gasteiger partial charge on any atom is 0.253 e. The van der Waals surface area contributed by atoms with Crippen LogP contribution in [0.5, 0.6) is 5.75 Å². The van der Waals surface area contributed by atoms with Gasteiger partial charge in [-0.05, 0) is 54.8 Å². The van der Waals surface area contributed by atoms with E-state index in [0.717, 1.165) is 31.5 Å². The highest BCUT2D eigenvalue weighted by molar-refractivity contribution is 7.89. The molecule has 0 atom stereocenters. The number of nitrogens with zero attached hydrogens (tertiary/aromatic N) is 2. The molecule has 3 rings (SSSR count). The molecule has 7 heteroatoms. The Hall–Kier alpha value is -2.64. The van der Waals surface area contributed by atoms with Gasteiger partial charge in [0, 0.05) is 31.7 Å². The van der Waals surface area contributed by atoms with Crippen LogP contribution < -0.4 is 4.74 Å². The van der Waals surface area contributed by atoms with Crippen molar-refractivity contribution in [1.29, 1.82) is 0 Å². The van der Waals surface area contributed by atoms with Crippen molar-refractivity contribution in [3.63, 3.8) is 0 Å². The van der Waals surface area contributed by atoms with E-state index in [1.165, 1.54) is 23.5 Å². The molecule has 0 N–H and O–H groups in total. The van der Waals surface area contributed by atoms with Gasteiger partial charge >= 0.3 is 0 Å². The number of ether oxygens (including phenoxy) is 1. The monoisotopic (exact) mass is 414 g/mol. The van der Waals surface area contributed by atoms with Crippen molar-refractivity contribution in [2.24, 2.45) is 0 Å². The number of hydrogen-bond acceptors (Lipinski definition) is 4. The van der Waals surface area contributed by atoms with E-state index in [4.69, 9.17) is 4.74 Å². The first kappa shape index (κ1) is 21.1. The van der Waals surface area contributed by atoms with Crippen LogP contribution in [-0.2, 0) is 16.6 Å². The molecule has 1 amide bonds. The van der Waals surface area contributed by atoms with E-state index in [1.54, 1.807) is 30.3 Å². The van der Waals surface area contributed by atoms with Crippen LogP contribution in [0.3, 0.4) is 0 Å². The van der Waals surface area contributed by atoms with Gasteiger partial charge in [0.1, 0.15) is 5.75 Å². The number of hydrogen-bond donors (Lipinski definition) is 0. The first-order valence-electron chi connectivity index (χ1n) is 9.59. The van der Waals surface area contributed by atoms with E-state index < -0.39 is 10.0 Å². The van der Waals surface area contributed by atoms with Crippen LogP contribution in [0.4, 0.5) is 0 Å². The van der Waals surface area contributed by atoms with Crippen LogP contribution in [-0.4, -0.2) is 50.3 Å². The number of benzene rings is 2. The predicted octanol–water partition coefficient (Wildman–Crippen LogP) is 3.31. The number of carbonyl (C=O) groups excluding carboxylic acids is 1. The Morgan fingerprint density at radius 2 is 1.72 bits per heavy atom. The molecule has 2 aromatic carbocycles. The third-order valence-electron chi connectivity index (χ3n) is 4.98. The summed E-state index contributed by atoms with van der Waals surface area (Å²) in [7, 11) is -2.16. The Morgan fingerprint density at radius 1 is 1.10 bits per heavy atom. The second-order valence-electron chi connectivity index (χ2n) is 6.96. The van der Waals surface area contributed by atoms with Crippen molar-refractivity contribution >= 4 is 15.9 Å². The summed E-state index contributed by atoms with van der Waals surface area (Å²) in [4.78, 5) is 14.5. The zero-order chi connectivity index (χ0) is 20.9. The fraction of sp³-hybridized carbons (Fsp3) is 0.318. The lowest BCUT2D eigenvalue weighted by atomic mass is 10.1. The molecule has 0 bridgehead atoms. The number of methoxy groups -OCH3 is 1. The fourth-order valence-electron chi connectivity index (χ4n) is 3.35. The van der Waals surface area contributed by atoms with E-state index in [-0.39, 0.29) is 23.9 Å². The number of sulfonamides is 1. The van der Waals surface area contributed by atoms with Gasteiger partial charge in [0.05, 0.1) is 12.0 Å². The molecule has 0 saturated carbocycles. The maximum absolute atomic E-state index is 13.1. The second-order valence-corrected chi connectivity index (χ2v) is 8.90. The van der Waals surface area contributed by atoms with Crippen molar-refractivity contribution in [3.05, 3.63) is 72.3 Å². The van der Waals surface area contributed by atoms with E-state index >= 15 is 0 Å². The summed E-state index contributed by atoms with van der Waals surface area (Å²) in [6, 6.07) is 13.5. The third kappa shape index (κ3) is 4.86. The second kappa shape index (κ2) is 9.24.